The summed E-state index contributed by atoms with van der Waals surface area (Å²) in [5, 5.41) is 0. The maximum Gasteiger partial charge on any atom is 0.293 e. The Morgan fingerprint density at radius 1 is 1.71 bits per heavy atom. The van der Waals surface area contributed by atoms with E-state index in [1.54, 1.807) is 0 Å². The van der Waals surface area contributed by atoms with Crippen molar-refractivity contribution >= 4 is 6.47 Å². The van der Waals surface area contributed by atoms with Gasteiger partial charge >= 0.3 is 0 Å². The topological polar surface area (TPSA) is 52.3 Å². The Labute approximate surface area is 42.4 Å². The molecule has 42 valence electrons. The summed E-state index contributed by atoms with van der Waals surface area (Å²) in [6.07, 6.45) is 0.749. The standard InChI is InChI=1S/C4H9NO2/c5-2-1-3-7-4-6/h4H,1-3,5H2. The fraction of sp³-hybridized carbons (Fsp3) is 0.750. The van der Waals surface area contributed by atoms with Gasteiger partial charge in [-0.15, -0.1) is 0 Å². The summed E-state index contributed by atoms with van der Waals surface area (Å²) >= 11 is 0. The zero-order valence-corrected chi connectivity index (χ0v) is 4.09. The van der Waals surface area contributed by atoms with E-state index in [1.807, 2.05) is 0 Å². The molecule has 0 amide bonds. The van der Waals surface area contributed by atoms with E-state index < -0.39 is 0 Å². The van der Waals surface area contributed by atoms with Crippen LogP contribution in [0.1, 0.15) is 6.42 Å². The molecule has 2 N–H and O–H groups in total. The summed E-state index contributed by atoms with van der Waals surface area (Å²) in [5.41, 5.74) is 5.07. The van der Waals surface area contributed by atoms with Crippen molar-refractivity contribution in [1.29, 1.82) is 0 Å². The lowest BCUT2D eigenvalue weighted by Gasteiger charge is -1.91. The van der Waals surface area contributed by atoms with Crippen LogP contribution < -0.4 is 5.73 Å². The molecule has 7 heavy (non-hydrogen) atoms. The molecule has 0 aromatic heterocycles. The Morgan fingerprint density at radius 3 is 2.86 bits per heavy atom. The highest BCUT2D eigenvalue weighted by atomic mass is 16.5. The first-order chi connectivity index (χ1) is 3.41. The van der Waals surface area contributed by atoms with Crippen molar-refractivity contribution in [2.24, 2.45) is 5.73 Å². The Morgan fingerprint density at radius 2 is 2.43 bits per heavy atom. The van der Waals surface area contributed by atoms with E-state index in [4.69, 9.17) is 5.73 Å². The highest BCUT2D eigenvalue weighted by Gasteiger charge is 1.78. The van der Waals surface area contributed by atoms with Crippen molar-refractivity contribution < 1.29 is 9.53 Å². The minimum absolute atomic E-state index is 0.426. The molecule has 0 saturated heterocycles. The van der Waals surface area contributed by atoms with Crippen LogP contribution in [0, 0.1) is 0 Å². The fourth-order valence-electron chi connectivity index (χ4n) is 0.215. The number of nitrogens with two attached hydrogens (primary N) is 1. The van der Waals surface area contributed by atoms with Gasteiger partial charge in [-0.25, -0.2) is 0 Å². The highest BCUT2D eigenvalue weighted by molar-refractivity contribution is 5.36. The molecule has 0 atom stereocenters. The van der Waals surface area contributed by atoms with Crippen molar-refractivity contribution in [3.05, 3.63) is 0 Å². The van der Waals surface area contributed by atoms with Crippen LogP contribution in [0.3, 0.4) is 0 Å². The Balaban J connectivity index is 2.56. The van der Waals surface area contributed by atoms with Crippen LogP contribution >= 0.6 is 0 Å². The molecule has 0 aliphatic heterocycles. The average Bonchev–Trinajstić information content (AvgIpc) is 1.69. The third-order valence-corrected chi connectivity index (χ3v) is 0.534. The fourth-order valence-corrected chi connectivity index (χ4v) is 0.215. The molecule has 0 spiro atoms. The molecule has 0 heterocycles. The smallest absolute Gasteiger partial charge is 0.293 e. The van der Waals surface area contributed by atoms with Crippen molar-refractivity contribution in [2.75, 3.05) is 13.2 Å². The van der Waals surface area contributed by atoms with Gasteiger partial charge in [0.1, 0.15) is 0 Å². The average molecular weight is 103 g/mol. The summed E-state index contributed by atoms with van der Waals surface area (Å²) in [6.45, 7) is 1.45. The van der Waals surface area contributed by atoms with E-state index in [1.165, 1.54) is 0 Å². The Hall–Kier alpha value is -0.570. The van der Waals surface area contributed by atoms with E-state index in [0.29, 0.717) is 19.6 Å². The van der Waals surface area contributed by atoms with Crippen LogP contribution in [-0.2, 0) is 9.53 Å². The summed E-state index contributed by atoms with van der Waals surface area (Å²) < 4.78 is 4.31. The predicted octanol–water partition coefficient (Wildman–Crippen LogP) is -0.492. The maximum absolute atomic E-state index is 9.42. The van der Waals surface area contributed by atoms with Crippen molar-refractivity contribution in [3.63, 3.8) is 0 Å². The van der Waals surface area contributed by atoms with Gasteiger partial charge in [0.05, 0.1) is 6.61 Å². The Kier molecular flexibility index (Phi) is 4.99. The molecular formula is C4H9NO2. The highest BCUT2D eigenvalue weighted by Crippen LogP contribution is 1.72. The van der Waals surface area contributed by atoms with E-state index in [0.717, 1.165) is 6.42 Å². The molecule has 0 aromatic carbocycles. The van der Waals surface area contributed by atoms with Crippen LogP contribution in [0.25, 0.3) is 0 Å². The number of hydrogen-bond donors (Lipinski definition) is 1. The van der Waals surface area contributed by atoms with Gasteiger partial charge in [-0.05, 0) is 13.0 Å². The summed E-state index contributed by atoms with van der Waals surface area (Å²) in [6, 6.07) is 0. The molecule has 0 aromatic rings. The summed E-state index contributed by atoms with van der Waals surface area (Å²) in [7, 11) is 0. The lowest BCUT2D eigenvalue weighted by molar-refractivity contribution is -0.128. The molecule has 0 aliphatic carbocycles. The molecule has 0 unspecified atom stereocenters. The number of ether oxygens (including phenoxy) is 1. The van der Waals surface area contributed by atoms with Gasteiger partial charge in [0, 0.05) is 0 Å². The third-order valence-electron chi connectivity index (χ3n) is 0.534. The normalized spacial score (nSPS) is 8.14. The van der Waals surface area contributed by atoms with Gasteiger partial charge in [0.2, 0.25) is 0 Å². The van der Waals surface area contributed by atoms with E-state index in [2.05, 4.69) is 4.74 Å². The molecule has 3 heteroatoms. The molecule has 0 rings (SSSR count). The largest absolute Gasteiger partial charge is 0.468 e. The number of carbonyl (C=O) groups is 1. The van der Waals surface area contributed by atoms with Crippen LogP contribution in [0.5, 0.6) is 0 Å². The van der Waals surface area contributed by atoms with Gasteiger partial charge in [0.15, 0.2) is 0 Å². The van der Waals surface area contributed by atoms with Crippen LogP contribution in [0.2, 0.25) is 0 Å². The molecule has 0 fully saturated rings. The molecule has 0 aliphatic rings. The predicted molar refractivity (Wildman–Crippen MR) is 25.7 cm³/mol. The number of hydrogen-bond acceptors (Lipinski definition) is 3. The Bertz CT molecular complexity index is 47.0. The van der Waals surface area contributed by atoms with Gasteiger partial charge in [-0.3, -0.25) is 4.79 Å². The lowest BCUT2D eigenvalue weighted by atomic mass is 10.5. The van der Waals surface area contributed by atoms with Crippen molar-refractivity contribution in [3.8, 4) is 0 Å². The number of rotatable bonds is 4. The lowest BCUT2D eigenvalue weighted by Crippen LogP contribution is -2.02. The maximum atomic E-state index is 9.42. The summed E-state index contributed by atoms with van der Waals surface area (Å²) in [4.78, 5) is 9.42. The van der Waals surface area contributed by atoms with E-state index in [9.17, 15) is 4.79 Å². The second-order valence-corrected chi connectivity index (χ2v) is 1.11. The van der Waals surface area contributed by atoms with Gasteiger partial charge in [-0.2, -0.15) is 0 Å². The van der Waals surface area contributed by atoms with Gasteiger partial charge < -0.3 is 10.5 Å². The van der Waals surface area contributed by atoms with E-state index >= 15 is 0 Å². The van der Waals surface area contributed by atoms with E-state index in [-0.39, 0.29) is 0 Å². The SMILES string of the molecule is NCCCOC=O. The molecular weight excluding hydrogens is 94.0 g/mol. The first kappa shape index (κ1) is 6.43. The quantitative estimate of drug-likeness (QED) is 0.386. The van der Waals surface area contributed by atoms with Crippen LogP contribution in [-0.4, -0.2) is 19.6 Å². The first-order valence-corrected chi connectivity index (χ1v) is 2.17. The van der Waals surface area contributed by atoms with Crippen LogP contribution in [0.15, 0.2) is 0 Å². The first-order valence-electron chi connectivity index (χ1n) is 2.17. The summed E-state index contributed by atoms with van der Waals surface area (Å²) in [5.74, 6) is 0. The zero-order chi connectivity index (χ0) is 5.54. The van der Waals surface area contributed by atoms with Crippen molar-refractivity contribution in [1.82, 2.24) is 0 Å². The molecule has 0 radical (unpaired) electrons. The minimum atomic E-state index is 0.426. The third kappa shape index (κ3) is 5.43. The van der Waals surface area contributed by atoms with Gasteiger partial charge in [-0.1, -0.05) is 0 Å². The number of carbonyl (C=O) groups excluding carboxylic acids is 1. The minimum Gasteiger partial charge on any atom is -0.468 e. The molecule has 0 bridgehead atoms. The van der Waals surface area contributed by atoms with Crippen LogP contribution in [0.4, 0.5) is 0 Å². The second kappa shape index (κ2) is 5.43. The van der Waals surface area contributed by atoms with Crippen molar-refractivity contribution in [2.45, 2.75) is 6.42 Å². The molecule has 3 nitrogen and oxygen atoms in total. The zero-order valence-electron chi connectivity index (χ0n) is 4.09. The second-order valence-electron chi connectivity index (χ2n) is 1.11. The van der Waals surface area contributed by atoms with Gasteiger partial charge in [0.25, 0.3) is 6.47 Å². The molecule has 0 saturated carbocycles. The monoisotopic (exact) mass is 103 g/mol.